The van der Waals surface area contributed by atoms with Gasteiger partial charge in [0.15, 0.2) is 0 Å². The second-order valence-electron chi connectivity index (χ2n) is 8.97. The topological polar surface area (TPSA) is 90.1 Å². The Labute approximate surface area is 185 Å². The number of piperidine rings is 1. The van der Waals surface area contributed by atoms with Crippen LogP contribution in [0.4, 0.5) is 0 Å². The molecule has 32 heavy (non-hydrogen) atoms. The van der Waals surface area contributed by atoms with Gasteiger partial charge in [0.2, 0.25) is 5.91 Å². The number of likely N-dealkylation sites (tertiary alicyclic amines) is 1. The van der Waals surface area contributed by atoms with E-state index in [9.17, 15) is 14.4 Å². The zero-order valence-electron chi connectivity index (χ0n) is 18.2. The Morgan fingerprint density at radius 3 is 2.56 bits per heavy atom. The third kappa shape index (κ3) is 4.09. The van der Waals surface area contributed by atoms with Crippen molar-refractivity contribution in [2.24, 2.45) is 5.92 Å². The minimum absolute atomic E-state index is 0.00637. The Morgan fingerprint density at radius 2 is 1.84 bits per heavy atom. The van der Waals surface area contributed by atoms with Gasteiger partial charge >= 0.3 is 0 Å². The van der Waals surface area contributed by atoms with Crippen molar-refractivity contribution < 1.29 is 4.79 Å². The number of nitrogens with zero attached hydrogens (tertiary/aromatic N) is 5. The van der Waals surface area contributed by atoms with Gasteiger partial charge in [0.25, 0.3) is 11.1 Å². The van der Waals surface area contributed by atoms with Gasteiger partial charge in [0.1, 0.15) is 12.4 Å². The number of carbonyl (C=O) groups excluding carboxylic acids is 1. The van der Waals surface area contributed by atoms with Crippen LogP contribution in [0, 0.1) is 12.8 Å². The number of aromatic nitrogens is 4. The van der Waals surface area contributed by atoms with Gasteiger partial charge in [-0.15, -0.1) is 0 Å². The van der Waals surface area contributed by atoms with E-state index in [1.54, 1.807) is 10.6 Å². The van der Waals surface area contributed by atoms with E-state index in [1.807, 2.05) is 36.1 Å². The Balaban J connectivity index is 1.21. The maximum absolute atomic E-state index is 12.9. The van der Waals surface area contributed by atoms with Crippen LogP contribution in [0.15, 0.2) is 46.2 Å². The average Bonchev–Trinajstić information content (AvgIpc) is 3.64. The summed E-state index contributed by atoms with van der Waals surface area (Å²) in [5.41, 5.74) is 1.40. The number of hydrogen-bond acceptors (Lipinski definition) is 5. The van der Waals surface area contributed by atoms with Crippen molar-refractivity contribution in [3.63, 3.8) is 0 Å². The number of fused-ring (bicyclic) bond motifs is 1. The smallest absolute Gasteiger partial charge is 0.261 e. The maximum atomic E-state index is 12.9. The second kappa shape index (κ2) is 8.33. The van der Waals surface area contributed by atoms with E-state index in [0.717, 1.165) is 36.9 Å². The Kier molecular flexibility index (Phi) is 5.36. The van der Waals surface area contributed by atoms with Crippen molar-refractivity contribution in [3.8, 4) is 0 Å². The number of benzene rings is 1. The van der Waals surface area contributed by atoms with E-state index in [1.165, 1.54) is 10.9 Å². The third-order valence-corrected chi connectivity index (χ3v) is 6.66. The van der Waals surface area contributed by atoms with E-state index in [2.05, 4.69) is 9.97 Å². The summed E-state index contributed by atoms with van der Waals surface area (Å²) in [6.45, 7) is 3.75. The first kappa shape index (κ1) is 20.6. The molecule has 166 valence electrons. The molecule has 3 heterocycles. The molecule has 0 spiro atoms. The van der Waals surface area contributed by atoms with Crippen molar-refractivity contribution >= 4 is 16.8 Å². The van der Waals surface area contributed by atoms with Gasteiger partial charge < -0.3 is 4.90 Å². The van der Waals surface area contributed by atoms with Crippen molar-refractivity contribution in [1.29, 1.82) is 0 Å². The summed E-state index contributed by atoms with van der Waals surface area (Å²) in [5, 5.41) is 0.637. The van der Waals surface area contributed by atoms with Gasteiger partial charge in [-0.05, 0) is 50.7 Å². The normalized spacial score (nSPS) is 17.1. The first-order valence-corrected chi connectivity index (χ1v) is 11.3. The SMILES string of the molecule is Cc1nc2ccccc2c(=O)n1CC1CCN(C(=O)Cn2cnc(C3CC3)cc2=O)CC1. The second-order valence-corrected chi connectivity index (χ2v) is 8.97. The van der Waals surface area contributed by atoms with Crippen LogP contribution in [-0.2, 0) is 17.9 Å². The van der Waals surface area contributed by atoms with Crippen LogP contribution in [0.3, 0.4) is 0 Å². The molecule has 1 aliphatic carbocycles. The van der Waals surface area contributed by atoms with Gasteiger partial charge in [0.05, 0.1) is 22.9 Å². The Morgan fingerprint density at radius 1 is 1.09 bits per heavy atom. The van der Waals surface area contributed by atoms with Crippen LogP contribution in [0.1, 0.15) is 43.1 Å². The number of aryl methyl sites for hydroxylation is 1. The first-order valence-electron chi connectivity index (χ1n) is 11.3. The summed E-state index contributed by atoms with van der Waals surface area (Å²) in [5.74, 6) is 1.38. The van der Waals surface area contributed by atoms with Crippen LogP contribution in [-0.4, -0.2) is 43.0 Å². The zero-order valence-corrected chi connectivity index (χ0v) is 18.2. The number of para-hydroxylation sites is 1. The van der Waals surface area contributed by atoms with E-state index in [4.69, 9.17) is 0 Å². The van der Waals surface area contributed by atoms with Gasteiger partial charge in [-0.3, -0.25) is 23.5 Å². The summed E-state index contributed by atoms with van der Waals surface area (Å²) in [6.07, 6.45) is 5.31. The molecule has 2 aliphatic rings. The van der Waals surface area contributed by atoms with Crippen LogP contribution in [0.25, 0.3) is 10.9 Å². The lowest BCUT2D eigenvalue weighted by molar-refractivity contribution is -0.133. The Bertz CT molecular complexity index is 1280. The molecule has 0 unspecified atom stereocenters. The summed E-state index contributed by atoms with van der Waals surface area (Å²) in [4.78, 5) is 48.7. The van der Waals surface area contributed by atoms with Crippen LogP contribution < -0.4 is 11.1 Å². The molecule has 1 saturated carbocycles. The quantitative estimate of drug-likeness (QED) is 0.615. The van der Waals surface area contributed by atoms with Crippen molar-refractivity contribution in [1.82, 2.24) is 24.0 Å². The molecule has 1 aromatic carbocycles. The van der Waals surface area contributed by atoms with E-state index in [-0.39, 0.29) is 23.6 Å². The molecular formula is C24H27N5O3. The Hall–Kier alpha value is -3.29. The van der Waals surface area contributed by atoms with E-state index >= 15 is 0 Å². The van der Waals surface area contributed by atoms with Gasteiger partial charge in [-0.1, -0.05) is 12.1 Å². The zero-order chi connectivity index (χ0) is 22.2. The lowest BCUT2D eigenvalue weighted by Gasteiger charge is -2.32. The fraction of sp³-hybridized carbons (Fsp3) is 0.458. The van der Waals surface area contributed by atoms with Crippen LogP contribution in [0.5, 0.6) is 0 Å². The highest BCUT2D eigenvalue weighted by atomic mass is 16.2. The van der Waals surface area contributed by atoms with Gasteiger partial charge in [-0.25, -0.2) is 9.97 Å². The monoisotopic (exact) mass is 433 g/mol. The number of hydrogen-bond donors (Lipinski definition) is 0. The summed E-state index contributed by atoms with van der Waals surface area (Å²) in [7, 11) is 0. The maximum Gasteiger partial charge on any atom is 0.261 e. The number of rotatable bonds is 5. The standard InChI is InChI=1S/C24H27N5O3/c1-16-26-20-5-3-2-4-19(20)24(32)29(16)13-17-8-10-27(11-9-17)23(31)14-28-15-25-21(12-22(28)30)18-6-7-18/h2-5,12,15,17-18H,6-11,13-14H2,1H3. The fourth-order valence-electron chi connectivity index (χ4n) is 4.52. The number of amides is 1. The molecule has 2 aromatic heterocycles. The van der Waals surface area contributed by atoms with Crippen molar-refractivity contribution in [2.75, 3.05) is 13.1 Å². The van der Waals surface area contributed by atoms with Crippen LogP contribution in [0.2, 0.25) is 0 Å². The summed E-state index contributed by atoms with van der Waals surface area (Å²) >= 11 is 0. The molecule has 2 fully saturated rings. The molecule has 5 rings (SSSR count). The summed E-state index contributed by atoms with van der Waals surface area (Å²) < 4.78 is 3.15. The highest BCUT2D eigenvalue weighted by Gasteiger charge is 2.27. The molecule has 1 saturated heterocycles. The molecule has 0 radical (unpaired) electrons. The molecule has 8 nitrogen and oxygen atoms in total. The lowest BCUT2D eigenvalue weighted by atomic mass is 9.96. The predicted molar refractivity (Wildman–Crippen MR) is 121 cm³/mol. The average molecular weight is 434 g/mol. The lowest BCUT2D eigenvalue weighted by Crippen LogP contribution is -2.42. The largest absolute Gasteiger partial charge is 0.341 e. The highest BCUT2D eigenvalue weighted by molar-refractivity contribution is 5.77. The first-order chi connectivity index (χ1) is 15.5. The third-order valence-electron chi connectivity index (χ3n) is 6.66. The number of carbonyl (C=O) groups is 1. The molecular weight excluding hydrogens is 406 g/mol. The molecule has 3 aromatic rings. The van der Waals surface area contributed by atoms with E-state index < -0.39 is 0 Å². The molecule has 0 bridgehead atoms. The minimum Gasteiger partial charge on any atom is -0.341 e. The molecule has 1 aliphatic heterocycles. The summed E-state index contributed by atoms with van der Waals surface area (Å²) in [6, 6.07) is 8.98. The minimum atomic E-state index is -0.163. The van der Waals surface area contributed by atoms with Crippen LogP contribution >= 0.6 is 0 Å². The van der Waals surface area contributed by atoms with Crippen molar-refractivity contribution in [2.45, 2.75) is 51.6 Å². The fourth-order valence-corrected chi connectivity index (χ4v) is 4.52. The molecule has 0 atom stereocenters. The molecule has 1 amide bonds. The predicted octanol–water partition coefficient (Wildman–Crippen LogP) is 2.08. The van der Waals surface area contributed by atoms with Gasteiger partial charge in [-0.2, -0.15) is 0 Å². The molecule has 8 heteroatoms. The van der Waals surface area contributed by atoms with Gasteiger partial charge in [0, 0.05) is 31.6 Å². The highest BCUT2D eigenvalue weighted by Crippen LogP contribution is 2.38. The van der Waals surface area contributed by atoms with Crippen molar-refractivity contribution in [3.05, 3.63) is 68.9 Å². The molecule has 0 N–H and O–H groups in total. The van der Waals surface area contributed by atoms with E-state index in [0.29, 0.717) is 42.7 Å².